The van der Waals surface area contributed by atoms with Crippen LogP contribution in [-0.2, 0) is 4.74 Å². The molecule has 94 valence electrons. The van der Waals surface area contributed by atoms with Gasteiger partial charge >= 0.3 is 0 Å². The minimum absolute atomic E-state index is 0.0620. The molecule has 1 heterocycles. The summed E-state index contributed by atoms with van der Waals surface area (Å²) in [5.74, 6) is 0. The Morgan fingerprint density at radius 3 is 2.47 bits per heavy atom. The molecule has 1 aromatic rings. The van der Waals surface area contributed by atoms with Crippen LogP contribution in [0.4, 0.5) is 5.69 Å². The molecule has 2 rings (SSSR count). The average molecular weight is 235 g/mol. The van der Waals surface area contributed by atoms with Crippen LogP contribution < -0.4 is 4.90 Å². The molecule has 1 N–H and O–H groups in total. The molecule has 1 aromatic carbocycles. The third-order valence-corrected chi connectivity index (χ3v) is 3.66. The van der Waals surface area contributed by atoms with Gasteiger partial charge in [0.15, 0.2) is 0 Å². The maximum absolute atomic E-state index is 9.42. The van der Waals surface area contributed by atoms with Crippen LogP contribution >= 0.6 is 0 Å². The second-order valence-electron chi connectivity index (χ2n) is 5.28. The summed E-state index contributed by atoms with van der Waals surface area (Å²) in [6, 6.07) is 6.47. The quantitative estimate of drug-likeness (QED) is 0.863. The average Bonchev–Trinajstić information content (AvgIpc) is 2.27. The summed E-state index contributed by atoms with van der Waals surface area (Å²) in [6.45, 7) is 6.61. The Morgan fingerprint density at radius 1 is 1.29 bits per heavy atom. The third kappa shape index (κ3) is 2.45. The highest BCUT2D eigenvalue weighted by Crippen LogP contribution is 2.29. The van der Waals surface area contributed by atoms with Gasteiger partial charge in [-0.3, -0.25) is 0 Å². The fourth-order valence-corrected chi connectivity index (χ4v) is 2.18. The summed E-state index contributed by atoms with van der Waals surface area (Å²) in [4.78, 5) is 2.20. The molecule has 3 heteroatoms. The predicted molar refractivity (Wildman–Crippen MR) is 69.5 cm³/mol. The maximum Gasteiger partial charge on any atom is 0.0584 e. The van der Waals surface area contributed by atoms with Gasteiger partial charge in [-0.2, -0.15) is 0 Å². The number of hydrogen-bond donors (Lipinski definition) is 1. The van der Waals surface area contributed by atoms with Crippen molar-refractivity contribution in [2.75, 3.05) is 38.3 Å². The lowest BCUT2D eigenvalue weighted by Gasteiger charge is -2.42. The van der Waals surface area contributed by atoms with E-state index in [4.69, 9.17) is 4.74 Å². The van der Waals surface area contributed by atoms with E-state index < -0.39 is 0 Å². The molecular weight excluding hydrogens is 214 g/mol. The SMILES string of the molecule is Cc1ccc(N(C)CC2(CO)COC2)cc1C. The van der Waals surface area contributed by atoms with E-state index >= 15 is 0 Å². The molecule has 0 radical (unpaired) electrons. The number of nitrogens with zero attached hydrogens (tertiary/aromatic N) is 1. The minimum Gasteiger partial charge on any atom is -0.396 e. The molecule has 0 bridgehead atoms. The van der Waals surface area contributed by atoms with Gasteiger partial charge in [0.25, 0.3) is 0 Å². The molecular formula is C14H21NO2. The summed E-state index contributed by atoms with van der Waals surface area (Å²) in [7, 11) is 2.07. The normalized spacial score (nSPS) is 17.6. The number of anilines is 1. The van der Waals surface area contributed by atoms with E-state index in [1.807, 2.05) is 0 Å². The molecule has 1 fully saturated rings. The van der Waals surface area contributed by atoms with Gasteiger partial charge in [-0.15, -0.1) is 0 Å². The van der Waals surface area contributed by atoms with Gasteiger partial charge in [0.05, 0.1) is 25.2 Å². The molecule has 0 aliphatic carbocycles. The predicted octanol–water partition coefficient (Wildman–Crippen LogP) is 1.75. The molecule has 0 atom stereocenters. The van der Waals surface area contributed by atoms with Gasteiger partial charge < -0.3 is 14.7 Å². The van der Waals surface area contributed by atoms with Crippen molar-refractivity contribution >= 4 is 5.69 Å². The largest absolute Gasteiger partial charge is 0.396 e. The van der Waals surface area contributed by atoms with E-state index in [-0.39, 0.29) is 12.0 Å². The van der Waals surface area contributed by atoms with Gasteiger partial charge in [0, 0.05) is 19.3 Å². The molecule has 0 unspecified atom stereocenters. The second kappa shape index (κ2) is 4.67. The summed E-state index contributed by atoms with van der Waals surface area (Å²) < 4.78 is 5.22. The summed E-state index contributed by atoms with van der Waals surface area (Å²) in [5, 5.41) is 9.42. The number of benzene rings is 1. The van der Waals surface area contributed by atoms with Crippen molar-refractivity contribution in [1.29, 1.82) is 0 Å². The molecule has 3 nitrogen and oxygen atoms in total. The lowest BCUT2D eigenvalue weighted by molar-refractivity contribution is -0.130. The van der Waals surface area contributed by atoms with E-state index in [1.165, 1.54) is 16.8 Å². The number of hydrogen-bond acceptors (Lipinski definition) is 3. The molecule has 0 saturated carbocycles. The Morgan fingerprint density at radius 2 is 2.00 bits per heavy atom. The van der Waals surface area contributed by atoms with Crippen molar-refractivity contribution in [2.24, 2.45) is 5.41 Å². The first-order valence-corrected chi connectivity index (χ1v) is 6.03. The van der Waals surface area contributed by atoms with Crippen molar-refractivity contribution in [3.05, 3.63) is 29.3 Å². The number of aliphatic hydroxyl groups is 1. The van der Waals surface area contributed by atoms with E-state index in [9.17, 15) is 5.11 Å². The van der Waals surface area contributed by atoms with Crippen LogP contribution in [0.5, 0.6) is 0 Å². The summed E-state index contributed by atoms with van der Waals surface area (Å²) in [6.07, 6.45) is 0. The zero-order valence-corrected chi connectivity index (χ0v) is 10.9. The van der Waals surface area contributed by atoms with E-state index in [0.717, 1.165) is 6.54 Å². The standard InChI is InChI=1S/C14H21NO2/c1-11-4-5-13(6-12(11)2)15(3)7-14(8-16)9-17-10-14/h4-6,16H,7-10H2,1-3H3. The molecule has 1 aliphatic rings. The zero-order valence-electron chi connectivity index (χ0n) is 10.9. The van der Waals surface area contributed by atoms with Crippen LogP contribution in [0.1, 0.15) is 11.1 Å². The molecule has 1 saturated heterocycles. The van der Waals surface area contributed by atoms with Crippen molar-refractivity contribution in [3.63, 3.8) is 0 Å². The van der Waals surface area contributed by atoms with Crippen LogP contribution in [-0.4, -0.2) is 38.5 Å². The molecule has 17 heavy (non-hydrogen) atoms. The van der Waals surface area contributed by atoms with Gasteiger partial charge in [0.2, 0.25) is 0 Å². The first-order chi connectivity index (χ1) is 8.06. The first kappa shape index (κ1) is 12.4. The number of rotatable bonds is 4. The highest BCUT2D eigenvalue weighted by Gasteiger charge is 2.39. The molecule has 1 aliphatic heterocycles. The van der Waals surface area contributed by atoms with Gasteiger partial charge in [0.1, 0.15) is 0 Å². The lowest BCUT2D eigenvalue weighted by Crippen LogP contribution is -2.52. The highest BCUT2D eigenvalue weighted by atomic mass is 16.5. The molecule has 0 spiro atoms. The van der Waals surface area contributed by atoms with Gasteiger partial charge in [-0.1, -0.05) is 6.07 Å². The van der Waals surface area contributed by atoms with Crippen LogP contribution in [0.2, 0.25) is 0 Å². The highest BCUT2D eigenvalue weighted by molar-refractivity contribution is 5.50. The Hall–Kier alpha value is -1.06. The Balaban J connectivity index is 2.08. The minimum atomic E-state index is -0.0620. The van der Waals surface area contributed by atoms with Crippen molar-refractivity contribution in [1.82, 2.24) is 0 Å². The first-order valence-electron chi connectivity index (χ1n) is 6.03. The summed E-state index contributed by atoms with van der Waals surface area (Å²) >= 11 is 0. The topological polar surface area (TPSA) is 32.7 Å². The summed E-state index contributed by atoms with van der Waals surface area (Å²) in [5.41, 5.74) is 3.75. The Bertz CT molecular complexity index is 394. The fourth-order valence-electron chi connectivity index (χ4n) is 2.18. The monoisotopic (exact) mass is 235 g/mol. The lowest BCUT2D eigenvalue weighted by atomic mass is 9.86. The number of aliphatic hydroxyl groups excluding tert-OH is 1. The van der Waals surface area contributed by atoms with E-state index in [0.29, 0.717) is 13.2 Å². The van der Waals surface area contributed by atoms with Gasteiger partial charge in [-0.25, -0.2) is 0 Å². The Kier molecular flexibility index (Phi) is 3.40. The second-order valence-corrected chi connectivity index (χ2v) is 5.28. The zero-order chi connectivity index (χ0) is 12.5. The molecule has 0 amide bonds. The van der Waals surface area contributed by atoms with Crippen LogP contribution in [0.3, 0.4) is 0 Å². The molecule has 0 aromatic heterocycles. The van der Waals surface area contributed by atoms with Crippen LogP contribution in [0, 0.1) is 19.3 Å². The smallest absolute Gasteiger partial charge is 0.0584 e. The van der Waals surface area contributed by atoms with Crippen LogP contribution in [0.25, 0.3) is 0 Å². The van der Waals surface area contributed by atoms with Crippen molar-refractivity contribution in [2.45, 2.75) is 13.8 Å². The number of ether oxygens (including phenoxy) is 1. The Labute approximate surface area is 103 Å². The van der Waals surface area contributed by atoms with Crippen molar-refractivity contribution in [3.8, 4) is 0 Å². The fraction of sp³-hybridized carbons (Fsp3) is 0.571. The van der Waals surface area contributed by atoms with Crippen LogP contribution in [0.15, 0.2) is 18.2 Å². The van der Waals surface area contributed by atoms with E-state index in [2.05, 4.69) is 44.0 Å². The van der Waals surface area contributed by atoms with E-state index in [1.54, 1.807) is 0 Å². The third-order valence-electron chi connectivity index (χ3n) is 3.66. The van der Waals surface area contributed by atoms with Crippen molar-refractivity contribution < 1.29 is 9.84 Å². The number of aryl methyl sites for hydroxylation is 2. The maximum atomic E-state index is 9.42. The van der Waals surface area contributed by atoms with Gasteiger partial charge in [-0.05, 0) is 37.1 Å².